The summed E-state index contributed by atoms with van der Waals surface area (Å²) in [6.45, 7) is 0. The number of carbonyl (C=O) groups excluding carboxylic acids is 1. The van der Waals surface area contributed by atoms with Crippen LogP contribution in [0.1, 0.15) is 10.4 Å². The van der Waals surface area contributed by atoms with Crippen LogP contribution in [0.4, 0.5) is 5.82 Å². The SMILES string of the molecule is O=C(Nc1ncnc2nc[nH]c12)c1ccccc1-c1ccc(-c2cnc[nH]2)cc1. The van der Waals surface area contributed by atoms with E-state index in [1.165, 1.54) is 12.7 Å². The Hall–Kier alpha value is -4.33. The number of aromatic nitrogens is 6. The standard InChI is InChI=1S/C21H15N7O/c29-21(28-20-18-19(25-11-24-18)26-12-27-20)16-4-2-1-3-15(16)13-5-7-14(8-6-13)17-9-22-10-23-17/h1-12H,(H,22,23)(H2,24,25,26,27,28,29). The molecule has 0 spiro atoms. The molecule has 0 saturated heterocycles. The summed E-state index contributed by atoms with van der Waals surface area (Å²) in [4.78, 5) is 35.4. The van der Waals surface area contributed by atoms with Crippen LogP contribution in [0.3, 0.4) is 0 Å². The molecule has 0 unspecified atom stereocenters. The first-order chi connectivity index (χ1) is 14.3. The molecule has 0 aliphatic carbocycles. The summed E-state index contributed by atoms with van der Waals surface area (Å²) in [6.07, 6.45) is 6.31. The number of hydrogen-bond acceptors (Lipinski definition) is 5. The number of H-pyrrole nitrogens is 2. The Morgan fingerprint density at radius 2 is 1.69 bits per heavy atom. The molecule has 5 aromatic rings. The zero-order valence-electron chi connectivity index (χ0n) is 15.1. The van der Waals surface area contributed by atoms with Gasteiger partial charge in [-0.2, -0.15) is 0 Å². The number of nitrogens with one attached hydrogen (secondary N) is 3. The largest absolute Gasteiger partial charge is 0.345 e. The number of imidazole rings is 2. The molecule has 5 rings (SSSR count). The van der Waals surface area contributed by atoms with Crippen LogP contribution in [0.15, 0.2) is 73.7 Å². The molecule has 29 heavy (non-hydrogen) atoms. The maximum Gasteiger partial charge on any atom is 0.257 e. The Morgan fingerprint density at radius 1 is 0.862 bits per heavy atom. The van der Waals surface area contributed by atoms with Crippen molar-refractivity contribution in [2.45, 2.75) is 0 Å². The number of anilines is 1. The van der Waals surface area contributed by atoms with Gasteiger partial charge in [-0.1, -0.05) is 42.5 Å². The summed E-state index contributed by atoms with van der Waals surface area (Å²) in [5.41, 5.74) is 5.36. The van der Waals surface area contributed by atoms with Crippen LogP contribution in [0, 0.1) is 0 Å². The highest BCUT2D eigenvalue weighted by molar-refractivity contribution is 6.10. The predicted octanol–water partition coefficient (Wildman–Crippen LogP) is 3.66. The van der Waals surface area contributed by atoms with Crippen LogP contribution in [-0.2, 0) is 0 Å². The van der Waals surface area contributed by atoms with Gasteiger partial charge in [0.2, 0.25) is 0 Å². The average Bonchev–Trinajstić information content (AvgIpc) is 3.46. The summed E-state index contributed by atoms with van der Waals surface area (Å²) >= 11 is 0. The third-order valence-electron chi connectivity index (χ3n) is 4.63. The highest BCUT2D eigenvalue weighted by Crippen LogP contribution is 2.27. The Morgan fingerprint density at radius 3 is 2.52 bits per heavy atom. The topological polar surface area (TPSA) is 112 Å². The van der Waals surface area contributed by atoms with Crippen LogP contribution in [0.25, 0.3) is 33.5 Å². The molecule has 3 aromatic heterocycles. The first-order valence-corrected chi connectivity index (χ1v) is 8.93. The third kappa shape index (κ3) is 3.12. The minimum absolute atomic E-state index is 0.257. The average molecular weight is 381 g/mol. The molecular weight excluding hydrogens is 366 g/mol. The number of nitrogens with zero attached hydrogens (tertiary/aromatic N) is 4. The van der Waals surface area contributed by atoms with Gasteiger partial charge in [-0.25, -0.2) is 19.9 Å². The fraction of sp³-hybridized carbons (Fsp3) is 0. The first-order valence-electron chi connectivity index (χ1n) is 8.93. The van der Waals surface area contributed by atoms with E-state index in [1.807, 2.05) is 42.5 Å². The Labute approximate surface area is 165 Å². The van der Waals surface area contributed by atoms with Crippen molar-refractivity contribution >= 4 is 22.9 Å². The number of rotatable bonds is 4. The number of hydrogen-bond donors (Lipinski definition) is 3. The Balaban J connectivity index is 1.47. The van der Waals surface area contributed by atoms with E-state index in [9.17, 15) is 4.79 Å². The van der Waals surface area contributed by atoms with Crippen molar-refractivity contribution in [3.8, 4) is 22.4 Å². The van der Waals surface area contributed by atoms with Gasteiger partial charge in [-0.15, -0.1) is 0 Å². The second kappa shape index (κ2) is 7.01. The zero-order valence-corrected chi connectivity index (χ0v) is 15.1. The van der Waals surface area contributed by atoms with E-state index in [0.29, 0.717) is 22.5 Å². The molecule has 1 amide bonds. The van der Waals surface area contributed by atoms with E-state index in [2.05, 4.69) is 35.2 Å². The van der Waals surface area contributed by atoms with Gasteiger partial charge in [0.15, 0.2) is 11.5 Å². The predicted molar refractivity (Wildman–Crippen MR) is 109 cm³/mol. The number of amides is 1. The Bertz CT molecular complexity index is 1290. The maximum atomic E-state index is 13.0. The molecular formula is C21H15N7O. The van der Waals surface area contributed by atoms with Crippen molar-refractivity contribution in [2.24, 2.45) is 0 Å². The maximum absolute atomic E-state index is 13.0. The second-order valence-electron chi connectivity index (χ2n) is 6.37. The van der Waals surface area contributed by atoms with Gasteiger partial charge in [0, 0.05) is 5.56 Å². The van der Waals surface area contributed by atoms with Crippen LogP contribution >= 0.6 is 0 Å². The van der Waals surface area contributed by atoms with Gasteiger partial charge >= 0.3 is 0 Å². The fourth-order valence-electron chi connectivity index (χ4n) is 3.21. The lowest BCUT2D eigenvalue weighted by Crippen LogP contribution is -2.14. The monoisotopic (exact) mass is 381 g/mol. The fourth-order valence-corrected chi connectivity index (χ4v) is 3.21. The molecule has 0 aliphatic heterocycles. The van der Waals surface area contributed by atoms with Gasteiger partial charge in [-0.3, -0.25) is 4.79 Å². The normalized spacial score (nSPS) is 10.9. The van der Waals surface area contributed by atoms with Crippen LogP contribution < -0.4 is 5.32 Å². The molecule has 3 heterocycles. The molecule has 140 valence electrons. The molecule has 8 heteroatoms. The molecule has 0 saturated carbocycles. The summed E-state index contributed by atoms with van der Waals surface area (Å²) < 4.78 is 0. The summed E-state index contributed by atoms with van der Waals surface area (Å²) in [6, 6.07) is 15.4. The lowest BCUT2D eigenvalue weighted by atomic mass is 9.98. The van der Waals surface area contributed by atoms with Crippen molar-refractivity contribution in [1.82, 2.24) is 29.9 Å². The summed E-state index contributed by atoms with van der Waals surface area (Å²) in [7, 11) is 0. The van der Waals surface area contributed by atoms with E-state index in [4.69, 9.17) is 0 Å². The molecule has 0 bridgehead atoms. The second-order valence-corrected chi connectivity index (χ2v) is 6.37. The number of carbonyl (C=O) groups is 1. The minimum atomic E-state index is -0.257. The molecule has 8 nitrogen and oxygen atoms in total. The summed E-state index contributed by atoms with van der Waals surface area (Å²) in [5.74, 6) is 0.134. The van der Waals surface area contributed by atoms with Gasteiger partial charge in [0.25, 0.3) is 5.91 Å². The van der Waals surface area contributed by atoms with Crippen molar-refractivity contribution in [1.29, 1.82) is 0 Å². The molecule has 0 fully saturated rings. The zero-order chi connectivity index (χ0) is 19.6. The van der Waals surface area contributed by atoms with Crippen molar-refractivity contribution in [2.75, 3.05) is 5.32 Å². The lowest BCUT2D eigenvalue weighted by Gasteiger charge is -2.11. The van der Waals surface area contributed by atoms with Crippen molar-refractivity contribution in [3.05, 3.63) is 79.3 Å². The summed E-state index contributed by atoms with van der Waals surface area (Å²) in [5, 5.41) is 2.86. The quantitative estimate of drug-likeness (QED) is 0.440. The van der Waals surface area contributed by atoms with Crippen molar-refractivity contribution < 1.29 is 4.79 Å². The highest BCUT2D eigenvalue weighted by Gasteiger charge is 2.15. The van der Waals surface area contributed by atoms with E-state index in [-0.39, 0.29) is 5.91 Å². The van der Waals surface area contributed by atoms with Crippen LogP contribution in [-0.4, -0.2) is 35.8 Å². The van der Waals surface area contributed by atoms with Crippen LogP contribution in [0.5, 0.6) is 0 Å². The minimum Gasteiger partial charge on any atom is -0.345 e. The molecule has 0 atom stereocenters. The smallest absolute Gasteiger partial charge is 0.257 e. The van der Waals surface area contributed by atoms with E-state index < -0.39 is 0 Å². The molecule has 3 N–H and O–H groups in total. The van der Waals surface area contributed by atoms with Gasteiger partial charge in [0.1, 0.15) is 11.8 Å². The van der Waals surface area contributed by atoms with Gasteiger partial charge < -0.3 is 15.3 Å². The highest BCUT2D eigenvalue weighted by atomic mass is 16.1. The molecule has 0 aliphatic rings. The molecule has 0 radical (unpaired) electrons. The van der Waals surface area contributed by atoms with E-state index in [1.54, 1.807) is 18.6 Å². The van der Waals surface area contributed by atoms with Gasteiger partial charge in [0.05, 0.1) is 24.5 Å². The van der Waals surface area contributed by atoms with Crippen molar-refractivity contribution in [3.63, 3.8) is 0 Å². The number of fused-ring (bicyclic) bond motifs is 1. The number of benzene rings is 2. The van der Waals surface area contributed by atoms with Crippen LogP contribution in [0.2, 0.25) is 0 Å². The molecule has 2 aromatic carbocycles. The van der Waals surface area contributed by atoms with Gasteiger partial charge in [-0.05, 0) is 22.8 Å². The first kappa shape index (κ1) is 16.8. The lowest BCUT2D eigenvalue weighted by molar-refractivity contribution is 0.102. The third-order valence-corrected chi connectivity index (χ3v) is 4.63. The van der Waals surface area contributed by atoms with E-state index >= 15 is 0 Å². The number of aromatic amines is 2. The Kier molecular flexibility index (Phi) is 4.06. The van der Waals surface area contributed by atoms with E-state index in [0.717, 1.165) is 22.4 Å².